The van der Waals surface area contributed by atoms with Crippen LogP contribution in [0.3, 0.4) is 0 Å². The average Bonchev–Trinajstić information content (AvgIpc) is 2.26. The molecule has 0 amide bonds. The number of nitrogens with zero attached hydrogens (tertiary/aromatic N) is 4. The molecule has 4 nitrogen and oxygen atoms in total. The van der Waals surface area contributed by atoms with Crippen LogP contribution in [-0.2, 0) is 0 Å². The molecule has 0 radical (unpaired) electrons. The van der Waals surface area contributed by atoms with Crippen LogP contribution in [0.15, 0.2) is 37.2 Å². The summed E-state index contributed by atoms with van der Waals surface area (Å²) in [5.74, 6) is 0. The molecule has 0 saturated heterocycles. The zero-order valence-corrected chi connectivity index (χ0v) is 8.25. The number of hydrogen-bond acceptors (Lipinski definition) is 4. The molecule has 0 atom stereocenters. The maximum atomic E-state index is 4.02. The predicted molar refractivity (Wildman–Crippen MR) is 53.5 cm³/mol. The van der Waals surface area contributed by atoms with Crippen molar-refractivity contribution in [2.45, 2.75) is 13.8 Å². The second kappa shape index (κ2) is 5.75. The van der Waals surface area contributed by atoms with Gasteiger partial charge in [0.2, 0.25) is 0 Å². The quantitative estimate of drug-likeness (QED) is 0.629. The summed E-state index contributed by atoms with van der Waals surface area (Å²) in [6.45, 7) is 3.85. The van der Waals surface area contributed by atoms with Gasteiger partial charge in [-0.2, -0.15) is 0 Å². The summed E-state index contributed by atoms with van der Waals surface area (Å²) < 4.78 is 0. The molecule has 0 saturated carbocycles. The zero-order valence-electron chi connectivity index (χ0n) is 8.25. The van der Waals surface area contributed by atoms with Crippen LogP contribution < -0.4 is 0 Å². The Morgan fingerprint density at radius 3 is 1.29 bits per heavy atom. The van der Waals surface area contributed by atoms with Crippen molar-refractivity contribution in [3.05, 3.63) is 48.6 Å². The third-order valence-corrected chi connectivity index (χ3v) is 1.39. The second-order valence-electron chi connectivity index (χ2n) is 2.69. The minimum absolute atomic E-state index is 0.968. The van der Waals surface area contributed by atoms with E-state index >= 15 is 0 Å². The Morgan fingerprint density at radius 1 is 0.714 bits per heavy atom. The van der Waals surface area contributed by atoms with Crippen molar-refractivity contribution in [1.82, 2.24) is 19.9 Å². The molecular formula is C10H12N4. The highest BCUT2D eigenvalue weighted by Gasteiger charge is 1.82. The summed E-state index contributed by atoms with van der Waals surface area (Å²) in [6, 6.07) is 0. The highest BCUT2D eigenvalue weighted by molar-refractivity contribution is 4.97. The number of hydrogen-bond donors (Lipinski definition) is 0. The molecule has 0 unspecified atom stereocenters. The first-order chi connectivity index (χ1) is 6.79. The Kier molecular flexibility index (Phi) is 4.20. The molecule has 0 bridgehead atoms. The fourth-order valence-corrected chi connectivity index (χ4v) is 0.710. The summed E-state index contributed by atoms with van der Waals surface area (Å²) in [5.41, 5.74) is 1.94. The van der Waals surface area contributed by atoms with Gasteiger partial charge in [0.05, 0.1) is 11.4 Å². The van der Waals surface area contributed by atoms with Gasteiger partial charge in [-0.25, -0.2) is 0 Å². The van der Waals surface area contributed by atoms with E-state index in [9.17, 15) is 0 Å². The third kappa shape index (κ3) is 4.25. The largest absolute Gasteiger partial charge is 0.262 e. The van der Waals surface area contributed by atoms with E-state index in [1.54, 1.807) is 37.2 Å². The van der Waals surface area contributed by atoms with E-state index in [0.717, 1.165) is 11.4 Å². The van der Waals surface area contributed by atoms with E-state index in [4.69, 9.17) is 0 Å². The molecule has 0 spiro atoms. The van der Waals surface area contributed by atoms with Gasteiger partial charge < -0.3 is 0 Å². The molecule has 0 fully saturated rings. The van der Waals surface area contributed by atoms with Gasteiger partial charge in [-0.15, -0.1) is 0 Å². The Morgan fingerprint density at radius 2 is 1.07 bits per heavy atom. The molecule has 2 aromatic heterocycles. The average molecular weight is 188 g/mol. The van der Waals surface area contributed by atoms with Crippen molar-refractivity contribution in [3.63, 3.8) is 0 Å². The highest BCUT2D eigenvalue weighted by atomic mass is 14.8. The first-order valence-electron chi connectivity index (χ1n) is 4.24. The molecule has 0 aliphatic carbocycles. The zero-order chi connectivity index (χ0) is 10.2. The number of rotatable bonds is 0. The first-order valence-corrected chi connectivity index (χ1v) is 4.24. The summed E-state index contributed by atoms with van der Waals surface area (Å²) in [5, 5.41) is 0. The van der Waals surface area contributed by atoms with Crippen LogP contribution in [0, 0.1) is 13.8 Å². The van der Waals surface area contributed by atoms with Crippen LogP contribution in [0.5, 0.6) is 0 Å². The van der Waals surface area contributed by atoms with Crippen molar-refractivity contribution < 1.29 is 0 Å². The molecule has 2 heterocycles. The van der Waals surface area contributed by atoms with Gasteiger partial charge in [0, 0.05) is 37.2 Å². The molecule has 4 heteroatoms. The Bertz CT molecular complexity index is 297. The molecule has 0 aliphatic heterocycles. The van der Waals surface area contributed by atoms with Gasteiger partial charge in [0.25, 0.3) is 0 Å². The topological polar surface area (TPSA) is 51.6 Å². The second-order valence-corrected chi connectivity index (χ2v) is 2.69. The third-order valence-electron chi connectivity index (χ3n) is 1.39. The molecular weight excluding hydrogens is 176 g/mol. The van der Waals surface area contributed by atoms with Crippen molar-refractivity contribution >= 4 is 0 Å². The van der Waals surface area contributed by atoms with Gasteiger partial charge in [0.15, 0.2) is 0 Å². The SMILES string of the molecule is Cc1cnc(C)cn1.c1cnccn1. The fourth-order valence-electron chi connectivity index (χ4n) is 0.710. The van der Waals surface area contributed by atoms with E-state index in [-0.39, 0.29) is 0 Å². The summed E-state index contributed by atoms with van der Waals surface area (Å²) >= 11 is 0. The fraction of sp³-hybridized carbons (Fsp3) is 0.200. The lowest BCUT2D eigenvalue weighted by Crippen LogP contribution is -1.84. The first kappa shape index (κ1) is 10.2. The Balaban J connectivity index is 0.000000146. The van der Waals surface area contributed by atoms with Crippen molar-refractivity contribution in [2.75, 3.05) is 0 Å². The standard InChI is InChI=1S/C6H8N2.C4H4N2/c1-5-3-8-6(2)4-7-5;1-2-6-4-3-5-1/h3-4H,1-2H3;1-4H. The van der Waals surface area contributed by atoms with Gasteiger partial charge in [-0.1, -0.05) is 0 Å². The summed E-state index contributed by atoms with van der Waals surface area (Å²) in [7, 11) is 0. The van der Waals surface area contributed by atoms with Crippen LogP contribution in [0.4, 0.5) is 0 Å². The molecule has 72 valence electrons. The monoisotopic (exact) mass is 188 g/mol. The minimum Gasteiger partial charge on any atom is -0.262 e. The maximum Gasteiger partial charge on any atom is 0.0555 e. The Hall–Kier alpha value is -1.84. The van der Waals surface area contributed by atoms with Crippen molar-refractivity contribution in [2.24, 2.45) is 0 Å². The van der Waals surface area contributed by atoms with E-state index in [2.05, 4.69) is 19.9 Å². The predicted octanol–water partition coefficient (Wildman–Crippen LogP) is 1.57. The normalized spacial score (nSPS) is 8.71. The summed E-state index contributed by atoms with van der Waals surface area (Å²) in [4.78, 5) is 15.5. The molecule has 2 rings (SSSR count). The maximum absolute atomic E-state index is 4.02. The van der Waals surface area contributed by atoms with Crippen molar-refractivity contribution in [3.8, 4) is 0 Å². The van der Waals surface area contributed by atoms with E-state index < -0.39 is 0 Å². The van der Waals surface area contributed by atoms with E-state index in [1.165, 1.54) is 0 Å². The lowest BCUT2D eigenvalue weighted by molar-refractivity contribution is 1.06. The Labute approximate surface area is 83.1 Å². The van der Waals surface area contributed by atoms with Crippen LogP contribution in [0.25, 0.3) is 0 Å². The lowest BCUT2D eigenvalue weighted by atomic mass is 10.5. The van der Waals surface area contributed by atoms with Crippen LogP contribution >= 0.6 is 0 Å². The summed E-state index contributed by atoms with van der Waals surface area (Å²) in [6.07, 6.45) is 10.1. The molecule has 0 aliphatic rings. The van der Waals surface area contributed by atoms with Crippen LogP contribution in [0.1, 0.15) is 11.4 Å². The number of aromatic nitrogens is 4. The minimum atomic E-state index is 0.968. The molecule has 2 aromatic rings. The molecule has 0 aromatic carbocycles. The van der Waals surface area contributed by atoms with E-state index in [1.807, 2.05) is 13.8 Å². The van der Waals surface area contributed by atoms with Gasteiger partial charge >= 0.3 is 0 Å². The lowest BCUT2D eigenvalue weighted by Gasteiger charge is -1.88. The number of aryl methyl sites for hydroxylation is 2. The van der Waals surface area contributed by atoms with Gasteiger partial charge in [-0.3, -0.25) is 19.9 Å². The van der Waals surface area contributed by atoms with Crippen LogP contribution in [0.2, 0.25) is 0 Å². The van der Waals surface area contributed by atoms with Gasteiger partial charge in [-0.05, 0) is 13.8 Å². The van der Waals surface area contributed by atoms with E-state index in [0.29, 0.717) is 0 Å². The van der Waals surface area contributed by atoms with Crippen molar-refractivity contribution in [1.29, 1.82) is 0 Å². The molecule has 0 N–H and O–H groups in total. The van der Waals surface area contributed by atoms with Gasteiger partial charge in [0.1, 0.15) is 0 Å². The smallest absolute Gasteiger partial charge is 0.0555 e. The van der Waals surface area contributed by atoms with Crippen LogP contribution in [-0.4, -0.2) is 19.9 Å². The highest BCUT2D eigenvalue weighted by Crippen LogP contribution is 1.88. The molecule has 14 heavy (non-hydrogen) atoms.